The minimum atomic E-state index is -0.00171. The Balaban J connectivity index is 0.00000640. The van der Waals surface area contributed by atoms with Crippen molar-refractivity contribution in [1.29, 1.82) is 0 Å². The van der Waals surface area contributed by atoms with Gasteiger partial charge >= 0.3 is 20.1 Å². The predicted octanol–water partition coefficient (Wildman–Crippen LogP) is 19.2. The summed E-state index contributed by atoms with van der Waals surface area (Å²) in [7, 11) is 0. The second-order valence-electron chi connectivity index (χ2n) is 19.8. The Bertz CT molecular complexity index is 3440. The third-order valence-corrected chi connectivity index (χ3v) is 14.9. The molecule has 0 aliphatic carbocycles. The van der Waals surface area contributed by atoms with E-state index in [9.17, 15) is 0 Å². The molecule has 10 rings (SSSR count). The first-order chi connectivity index (χ1) is 34.2. The topological polar surface area (TPSA) is 38.7 Å². The van der Waals surface area contributed by atoms with E-state index in [2.05, 4.69) is 264 Å². The van der Waals surface area contributed by atoms with Gasteiger partial charge in [-0.05, 0) is 109 Å². The van der Waals surface area contributed by atoms with Gasteiger partial charge in [0, 0.05) is 18.6 Å². The fraction of sp³-hybridized carbons (Fsp3) is 0.123. The molecular weight excluding hydrogens is 1250 g/mol. The average molecular weight is 1300 g/mol. The molecule has 0 fully saturated rings. The molecule has 7 aromatic carbocycles. The molecule has 0 saturated carbocycles. The summed E-state index contributed by atoms with van der Waals surface area (Å²) in [5.41, 5.74) is 20.8. The summed E-state index contributed by atoms with van der Waals surface area (Å²) in [5.74, 6) is 0. The number of hydrogen-bond donors (Lipinski definition) is 0. The molecule has 0 aliphatic heterocycles. The molecule has 0 aliphatic rings. The first kappa shape index (κ1) is 51.0. The van der Waals surface area contributed by atoms with Gasteiger partial charge in [-0.1, -0.05) is 233 Å². The second-order valence-corrected chi connectivity index (χ2v) is 22.4. The van der Waals surface area contributed by atoms with E-state index in [4.69, 9.17) is 9.97 Å². The standard InChI is InChI=1S/C65H49Br3N3.Ir/c1-64(2,3)47-28-31-70-62(39-47)42-23-26-56(59(67)37-42)53-19-11-8-16-50(53)45-33-44(49-15-7-10-18-52(49)55-25-22-41(36-58(55)66)61-21-13-14-30-69-61)34-46(35-45)51-17-9-12-20-54(51)57-27-24-43(38-60(57)68)63-40-48(29-32-71-63)65(4,5)6;/h7-21,25-40H,1-6H3;/q-3;+3. The minimum Gasteiger partial charge on any atom is -0.305 e. The molecule has 3 aromatic heterocycles. The maximum Gasteiger partial charge on any atom is 3.00 e. The molecular formula is C65H49Br3IrN3. The van der Waals surface area contributed by atoms with Crippen LogP contribution in [0, 0.1) is 18.2 Å². The second kappa shape index (κ2) is 21.3. The fourth-order valence-corrected chi connectivity index (χ4v) is 10.7. The minimum absolute atomic E-state index is 0. The molecule has 7 heteroatoms. The summed E-state index contributed by atoms with van der Waals surface area (Å²) in [6.45, 7) is 13.4. The molecule has 0 N–H and O–H groups in total. The number of halogens is 3. The average Bonchev–Trinajstić information content (AvgIpc) is 3.38. The summed E-state index contributed by atoms with van der Waals surface area (Å²) in [6.07, 6.45) is 5.60. The van der Waals surface area contributed by atoms with Gasteiger partial charge in [0.1, 0.15) is 0 Å². The molecule has 354 valence electrons. The van der Waals surface area contributed by atoms with E-state index in [0.29, 0.717) is 0 Å². The van der Waals surface area contributed by atoms with E-state index < -0.39 is 0 Å². The van der Waals surface area contributed by atoms with Crippen molar-refractivity contribution >= 4 is 47.8 Å². The Hall–Kier alpha value is -5.92. The first-order valence-corrected chi connectivity index (χ1v) is 26.0. The van der Waals surface area contributed by atoms with Crippen molar-refractivity contribution in [2.45, 2.75) is 52.4 Å². The summed E-state index contributed by atoms with van der Waals surface area (Å²) in [6, 6.07) is 70.8. The molecule has 0 atom stereocenters. The number of aromatic nitrogens is 3. The van der Waals surface area contributed by atoms with Crippen molar-refractivity contribution in [3.8, 4) is 101 Å². The van der Waals surface area contributed by atoms with Gasteiger partial charge in [-0.25, -0.2) is 0 Å². The fourth-order valence-electron chi connectivity index (χ4n) is 9.07. The van der Waals surface area contributed by atoms with E-state index >= 15 is 0 Å². The van der Waals surface area contributed by atoms with Crippen molar-refractivity contribution in [3.05, 3.63) is 231 Å². The largest absolute Gasteiger partial charge is 3.00 e. The van der Waals surface area contributed by atoms with Crippen LogP contribution in [0.2, 0.25) is 0 Å². The zero-order valence-corrected chi connectivity index (χ0v) is 47.9. The van der Waals surface area contributed by atoms with Gasteiger partial charge in [0.2, 0.25) is 0 Å². The molecule has 0 amide bonds. The number of nitrogens with zero attached hydrogens (tertiary/aromatic N) is 3. The van der Waals surface area contributed by atoms with Crippen LogP contribution in [-0.4, -0.2) is 15.0 Å². The van der Waals surface area contributed by atoms with Crippen LogP contribution in [0.15, 0.2) is 202 Å². The summed E-state index contributed by atoms with van der Waals surface area (Å²) < 4.78 is 2.90. The van der Waals surface area contributed by atoms with Crippen LogP contribution in [-0.2, 0) is 30.9 Å². The number of rotatable bonds is 9. The van der Waals surface area contributed by atoms with Gasteiger partial charge in [-0.15, -0.1) is 71.3 Å². The zero-order chi connectivity index (χ0) is 49.4. The van der Waals surface area contributed by atoms with Crippen LogP contribution < -0.4 is 0 Å². The van der Waals surface area contributed by atoms with Gasteiger partial charge in [-0.3, -0.25) is 0 Å². The number of pyridine rings is 3. The van der Waals surface area contributed by atoms with Gasteiger partial charge in [0.25, 0.3) is 0 Å². The molecule has 0 radical (unpaired) electrons. The summed E-state index contributed by atoms with van der Waals surface area (Å²) in [5, 5.41) is 0. The van der Waals surface area contributed by atoms with Crippen molar-refractivity contribution in [2.75, 3.05) is 0 Å². The summed E-state index contributed by atoms with van der Waals surface area (Å²) >= 11 is 12.0. The molecule has 0 spiro atoms. The Morgan fingerprint density at radius 3 is 0.972 bits per heavy atom. The Morgan fingerprint density at radius 2 is 0.653 bits per heavy atom. The van der Waals surface area contributed by atoms with Crippen LogP contribution in [0.1, 0.15) is 52.7 Å². The third kappa shape index (κ3) is 10.7. The van der Waals surface area contributed by atoms with Crippen LogP contribution in [0.5, 0.6) is 0 Å². The van der Waals surface area contributed by atoms with Crippen molar-refractivity contribution in [1.82, 2.24) is 15.0 Å². The Kier molecular flexibility index (Phi) is 15.1. The van der Waals surface area contributed by atoms with Gasteiger partial charge < -0.3 is 15.0 Å². The normalized spacial score (nSPS) is 11.6. The van der Waals surface area contributed by atoms with E-state index in [-0.39, 0.29) is 30.9 Å². The Labute approximate surface area is 463 Å². The molecule has 0 unspecified atom stereocenters. The molecule has 72 heavy (non-hydrogen) atoms. The SMILES string of the molecule is CC(C)(C)c1ccnc(-c2[c-]cc(-c3ccccc3-c3cc(-c4ccccc4-c4c[c-]c(-c5ccccn5)cc4Br)cc(-c4ccccc4-c4c[c-]c(-c5cc(C(C)(C)C)ccn5)cc4Br)c3)c(Br)c2)c1.[Ir+3]. The van der Waals surface area contributed by atoms with Crippen LogP contribution >= 0.6 is 47.8 Å². The molecule has 10 aromatic rings. The molecule has 0 saturated heterocycles. The Morgan fingerprint density at radius 1 is 0.333 bits per heavy atom. The number of hydrogen-bond acceptors (Lipinski definition) is 3. The maximum absolute atomic E-state index is 4.76. The van der Waals surface area contributed by atoms with E-state index in [1.807, 2.05) is 36.8 Å². The predicted molar refractivity (Wildman–Crippen MR) is 306 cm³/mol. The molecule has 3 heterocycles. The molecule has 3 nitrogen and oxygen atoms in total. The monoisotopic (exact) mass is 1300 g/mol. The van der Waals surface area contributed by atoms with Gasteiger partial charge in [-0.2, -0.15) is 0 Å². The van der Waals surface area contributed by atoms with E-state index in [0.717, 1.165) is 114 Å². The molecule has 0 bridgehead atoms. The van der Waals surface area contributed by atoms with Crippen molar-refractivity contribution in [3.63, 3.8) is 0 Å². The van der Waals surface area contributed by atoms with Crippen LogP contribution in [0.25, 0.3) is 101 Å². The van der Waals surface area contributed by atoms with E-state index in [1.54, 1.807) is 0 Å². The third-order valence-electron chi connectivity index (χ3n) is 13.0. The van der Waals surface area contributed by atoms with Gasteiger partial charge in [0.05, 0.1) is 0 Å². The maximum atomic E-state index is 4.76. The first-order valence-electron chi connectivity index (χ1n) is 23.6. The van der Waals surface area contributed by atoms with E-state index in [1.165, 1.54) is 11.1 Å². The van der Waals surface area contributed by atoms with Crippen LogP contribution in [0.3, 0.4) is 0 Å². The van der Waals surface area contributed by atoms with Crippen molar-refractivity contribution in [2.24, 2.45) is 0 Å². The quantitative estimate of drug-likeness (QED) is 0.135. The van der Waals surface area contributed by atoms with Crippen LogP contribution in [0.4, 0.5) is 0 Å². The van der Waals surface area contributed by atoms with Gasteiger partial charge in [0.15, 0.2) is 0 Å². The number of benzene rings is 7. The summed E-state index contributed by atoms with van der Waals surface area (Å²) in [4.78, 5) is 14.1. The van der Waals surface area contributed by atoms with Crippen molar-refractivity contribution < 1.29 is 20.1 Å². The zero-order valence-electron chi connectivity index (χ0n) is 40.7. The smallest absolute Gasteiger partial charge is 0.305 e.